The lowest BCUT2D eigenvalue weighted by Gasteiger charge is -2.05. The van der Waals surface area contributed by atoms with E-state index < -0.39 is 0 Å². The molecule has 4 heteroatoms. The Kier molecular flexibility index (Phi) is 3.59. The van der Waals surface area contributed by atoms with Crippen molar-refractivity contribution in [2.75, 3.05) is 12.3 Å². The summed E-state index contributed by atoms with van der Waals surface area (Å²) in [6, 6.07) is 9.89. The fraction of sp³-hybridized carbons (Fsp3) is 0.167. The fourth-order valence-electron chi connectivity index (χ4n) is 2.21. The lowest BCUT2D eigenvalue weighted by atomic mass is 10.1. The number of nitrogens with two attached hydrogens (primary N) is 1. The van der Waals surface area contributed by atoms with Crippen LogP contribution < -0.4 is 10.5 Å². The van der Waals surface area contributed by atoms with Crippen LogP contribution >= 0.6 is 0 Å². The number of aryl methyl sites for hydroxylation is 1. The zero-order valence-corrected chi connectivity index (χ0v) is 12.8. The number of fused-ring (bicyclic) bond motifs is 1. The molecule has 0 bridgehead atoms. The van der Waals surface area contributed by atoms with Gasteiger partial charge < -0.3 is 14.9 Å². The van der Waals surface area contributed by atoms with Crippen LogP contribution in [0.1, 0.15) is 12.5 Å². The van der Waals surface area contributed by atoms with Gasteiger partial charge in [-0.25, -0.2) is 4.98 Å². The van der Waals surface area contributed by atoms with Crippen molar-refractivity contribution >= 4 is 11.3 Å². The summed E-state index contributed by atoms with van der Waals surface area (Å²) >= 11 is 0. The van der Waals surface area contributed by atoms with Crippen LogP contribution in [0.25, 0.3) is 16.9 Å². The minimum atomic E-state index is 0.534. The first-order chi connectivity index (χ1) is 10.5. The topological polar surface area (TPSA) is 52.5 Å². The molecule has 0 atom stereocenters. The van der Waals surface area contributed by atoms with E-state index in [4.69, 9.17) is 10.5 Å². The molecule has 0 fully saturated rings. The highest BCUT2D eigenvalue weighted by Crippen LogP contribution is 2.24. The molecule has 0 radical (unpaired) electrons. The van der Waals surface area contributed by atoms with Crippen LogP contribution in [0.2, 0.25) is 0 Å². The SMILES string of the molecule is C=C(C)COc1ccc(-c2cn3cc(N)c(C)cc3n2)cc1. The minimum absolute atomic E-state index is 0.534. The molecule has 112 valence electrons. The van der Waals surface area contributed by atoms with E-state index in [1.165, 1.54) is 0 Å². The normalized spacial score (nSPS) is 10.8. The van der Waals surface area contributed by atoms with Crippen LogP contribution in [0.5, 0.6) is 5.75 Å². The molecule has 3 rings (SSSR count). The molecule has 3 aromatic rings. The standard InChI is InChI=1S/C18H19N3O/c1-12(2)11-22-15-6-4-14(5-7-15)17-10-21-9-16(19)13(3)8-18(21)20-17/h4-10H,1,11,19H2,2-3H3. The first-order valence-corrected chi connectivity index (χ1v) is 7.15. The first-order valence-electron chi connectivity index (χ1n) is 7.15. The highest BCUT2D eigenvalue weighted by molar-refractivity contribution is 5.65. The molecule has 0 aliphatic carbocycles. The highest BCUT2D eigenvalue weighted by atomic mass is 16.5. The number of imidazole rings is 1. The number of aromatic nitrogens is 2. The first kappa shape index (κ1) is 14.2. The van der Waals surface area contributed by atoms with Gasteiger partial charge >= 0.3 is 0 Å². The van der Waals surface area contributed by atoms with Crippen molar-refractivity contribution < 1.29 is 4.74 Å². The van der Waals surface area contributed by atoms with Crippen LogP contribution in [0.15, 0.2) is 54.9 Å². The number of hydrogen-bond acceptors (Lipinski definition) is 3. The summed E-state index contributed by atoms with van der Waals surface area (Å²) in [5, 5.41) is 0. The van der Waals surface area contributed by atoms with E-state index in [2.05, 4.69) is 11.6 Å². The molecule has 0 amide bonds. The molecular weight excluding hydrogens is 274 g/mol. The Hall–Kier alpha value is -2.75. The van der Waals surface area contributed by atoms with Gasteiger partial charge in [-0.1, -0.05) is 6.58 Å². The number of hydrogen-bond donors (Lipinski definition) is 1. The fourth-order valence-corrected chi connectivity index (χ4v) is 2.21. The Morgan fingerprint density at radius 1 is 1.27 bits per heavy atom. The molecule has 2 aromatic heterocycles. The molecule has 0 saturated carbocycles. The van der Waals surface area contributed by atoms with Gasteiger partial charge in [-0.2, -0.15) is 0 Å². The number of ether oxygens (including phenoxy) is 1. The van der Waals surface area contributed by atoms with Crippen LogP contribution in [0.3, 0.4) is 0 Å². The van der Waals surface area contributed by atoms with Crippen LogP contribution in [0.4, 0.5) is 5.69 Å². The predicted octanol–water partition coefficient (Wildman–Crippen LogP) is 3.85. The maximum absolute atomic E-state index is 5.94. The number of nitrogens with zero attached hydrogens (tertiary/aromatic N) is 2. The maximum atomic E-state index is 5.94. The van der Waals surface area contributed by atoms with Gasteiger partial charge in [0.1, 0.15) is 18.0 Å². The number of anilines is 1. The zero-order chi connectivity index (χ0) is 15.7. The van der Waals surface area contributed by atoms with E-state index in [9.17, 15) is 0 Å². The average molecular weight is 293 g/mol. The molecular formula is C18H19N3O. The van der Waals surface area contributed by atoms with Crippen molar-refractivity contribution in [3.63, 3.8) is 0 Å². The van der Waals surface area contributed by atoms with Crippen molar-refractivity contribution in [3.8, 4) is 17.0 Å². The lowest BCUT2D eigenvalue weighted by molar-refractivity contribution is 0.353. The van der Waals surface area contributed by atoms with Gasteiger partial charge in [0.05, 0.1) is 11.4 Å². The lowest BCUT2D eigenvalue weighted by Crippen LogP contribution is -1.97. The zero-order valence-electron chi connectivity index (χ0n) is 12.8. The third kappa shape index (κ3) is 2.81. The number of benzene rings is 1. The van der Waals surface area contributed by atoms with E-state index >= 15 is 0 Å². The van der Waals surface area contributed by atoms with Gasteiger partial charge in [0, 0.05) is 18.0 Å². The van der Waals surface area contributed by atoms with Crippen LogP contribution in [0, 0.1) is 6.92 Å². The Morgan fingerprint density at radius 2 is 2.00 bits per heavy atom. The second-order valence-corrected chi connectivity index (χ2v) is 5.57. The molecule has 2 heterocycles. The molecule has 1 aromatic carbocycles. The summed E-state index contributed by atoms with van der Waals surface area (Å²) in [6.45, 7) is 8.29. The molecule has 0 spiro atoms. The Balaban J connectivity index is 1.89. The van der Waals surface area contributed by atoms with Crippen molar-refractivity contribution in [1.29, 1.82) is 0 Å². The molecule has 2 N–H and O–H groups in total. The van der Waals surface area contributed by atoms with E-state index in [0.717, 1.165) is 39.5 Å². The third-order valence-corrected chi connectivity index (χ3v) is 3.48. The van der Waals surface area contributed by atoms with E-state index in [-0.39, 0.29) is 0 Å². The molecule has 22 heavy (non-hydrogen) atoms. The largest absolute Gasteiger partial charge is 0.489 e. The van der Waals surface area contributed by atoms with Crippen LogP contribution in [-0.4, -0.2) is 16.0 Å². The summed E-state index contributed by atoms with van der Waals surface area (Å²) < 4.78 is 7.55. The smallest absolute Gasteiger partial charge is 0.137 e. The predicted molar refractivity (Wildman–Crippen MR) is 90.1 cm³/mol. The minimum Gasteiger partial charge on any atom is -0.489 e. The molecule has 0 aliphatic heterocycles. The van der Waals surface area contributed by atoms with Gasteiger partial charge in [0.15, 0.2) is 0 Å². The molecule has 0 unspecified atom stereocenters. The Morgan fingerprint density at radius 3 is 2.68 bits per heavy atom. The Bertz CT molecular complexity index is 792. The second kappa shape index (κ2) is 5.56. The molecule has 0 aliphatic rings. The summed E-state index contributed by atoms with van der Waals surface area (Å²) in [4.78, 5) is 4.64. The molecule has 0 saturated heterocycles. The maximum Gasteiger partial charge on any atom is 0.137 e. The molecule has 4 nitrogen and oxygen atoms in total. The van der Waals surface area contributed by atoms with Gasteiger partial charge in [-0.05, 0) is 55.3 Å². The summed E-state index contributed by atoms with van der Waals surface area (Å²) in [7, 11) is 0. The average Bonchev–Trinajstić information content (AvgIpc) is 2.89. The highest BCUT2D eigenvalue weighted by Gasteiger charge is 2.06. The summed E-state index contributed by atoms with van der Waals surface area (Å²) in [6.07, 6.45) is 3.88. The van der Waals surface area contributed by atoms with E-state index in [1.54, 1.807) is 0 Å². The van der Waals surface area contributed by atoms with Crippen LogP contribution in [-0.2, 0) is 0 Å². The van der Waals surface area contributed by atoms with Gasteiger partial charge in [0.2, 0.25) is 0 Å². The summed E-state index contributed by atoms with van der Waals surface area (Å²) in [5.41, 5.74) is 11.6. The van der Waals surface area contributed by atoms with Crippen molar-refractivity contribution in [3.05, 3.63) is 60.4 Å². The Labute approximate surface area is 129 Å². The third-order valence-electron chi connectivity index (χ3n) is 3.48. The number of rotatable bonds is 4. The van der Waals surface area contributed by atoms with E-state index in [0.29, 0.717) is 6.61 Å². The summed E-state index contributed by atoms with van der Waals surface area (Å²) in [5.74, 6) is 0.829. The van der Waals surface area contributed by atoms with Crippen molar-refractivity contribution in [2.24, 2.45) is 0 Å². The van der Waals surface area contributed by atoms with Gasteiger partial charge in [-0.3, -0.25) is 0 Å². The van der Waals surface area contributed by atoms with E-state index in [1.807, 2.05) is 61.0 Å². The van der Waals surface area contributed by atoms with Crippen molar-refractivity contribution in [2.45, 2.75) is 13.8 Å². The quantitative estimate of drug-likeness (QED) is 0.743. The number of nitrogen functional groups attached to an aromatic ring is 1. The van der Waals surface area contributed by atoms with Gasteiger partial charge in [0.25, 0.3) is 0 Å². The number of pyridine rings is 1. The van der Waals surface area contributed by atoms with Gasteiger partial charge in [-0.15, -0.1) is 0 Å². The van der Waals surface area contributed by atoms with Crippen molar-refractivity contribution in [1.82, 2.24) is 9.38 Å². The second-order valence-electron chi connectivity index (χ2n) is 5.57. The monoisotopic (exact) mass is 293 g/mol.